The van der Waals surface area contributed by atoms with Gasteiger partial charge in [0.2, 0.25) is 0 Å². The lowest BCUT2D eigenvalue weighted by molar-refractivity contribution is -0.141. The lowest BCUT2D eigenvalue weighted by Crippen LogP contribution is -2.10. The summed E-state index contributed by atoms with van der Waals surface area (Å²) in [5.74, 6) is -0.409. The topological polar surface area (TPSA) is 84.9 Å². The molecule has 8 nitrogen and oxygen atoms in total. The van der Waals surface area contributed by atoms with E-state index < -0.39 is 0 Å². The Bertz CT molecular complexity index is 3350. The van der Waals surface area contributed by atoms with Gasteiger partial charge in [-0.1, -0.05) is 84.9 Å². The van der Waals surface area contributed by atoms with Crippen molar-refractivity contribution in [2.24, 2.45) is 0 Å². The number of aromatic nitrogens is 2. The number of para-hydroxylation sites is 2. The number of nitrogens with zero attached hydrogens (tertiary/aromatic N) is 4. The van der Waals surface area contributed by atoms with Crippen LogP contribution in [0.5, 0.6) is 0 Å². The molecule has 0 amide bonds. The van der Waals surface area contributed by atoms with Crippen LogP contribution in [-0.4, -0.2) is 36.1 Å². The van der Waals surface area contributed by atoms with Crippen LogP contribution >= 0.6 is 45.3 Å². The highest BCUT2D eigenvalue weighted by Crippen LogP contribution is 2.44. The van der Waals surface area contributed by atoms with E-state index in [0.29, 0.717) is 25.7 Å². The fourth-order valence-corrected chi connectivity index (χ4v) is 12.8. The number of carbonyl (C=O) groups is 2. The molecule has 4 heterocycles. The first-order valence-corrected chi connectivity index (χ1v) is 26.8. The summed E-state index contributed by atoms with van der Waals surface area (Å²) in [6, 6.07) is 68.1. The molecule has 12 heteroatoms. The summed E-state index contributed by atoms with van der Waals surface area (Å²) in [7, 11) is 2.85. The second kappa shape index (κ2) is 20.9. The number of hydrogen-bond acceptors (Lipinski definition) is 12. The Kier molecular flexibility index (Phi) is 13.6. The quantitative estimate of drug-likeness (QED) is 0.0885. The summed E-state index contributed by atoms with van der Waals surface area (Å²) in [6.45, 7) is 0. The molecule has 4 aromatic heterocycles. The molecular formula is C60H46N4O4S4. The van der Waals surface area contributed by atoms with E-state index >= 15 is 0 Å². The first-order chi connectivity index (χ1) is 35.3. The van der Waals surface area contributed by atoms with Gasteiger partial charge in [0.15, 0.2) is 0 Å². The summed E-state index contributed by atoms with van der Waals surface area (Å²) in [4.78, 5) is 42.9. The number of carbonyl (C=O) groups excluding carboxylic acids is 2. The molecule has 7 aromatic carbocycles. The van der Waals surface area contributed by atoms with Gasteiger partial charge in [-0.05, 0) is 144 Å². The van der Waals surface area contributed by atoms with Gasteiger partial charge < -0.3 is 19.3 Å². The van der Waals surface area contributed by atoms with Crippen molar-refractivity contribution in [2.45, 2.75) is 25.7 Å². The van der Waals surface area contributed by atoms with Crippen molar-refractivity contribution >= 4 is 112 Å². The van der Waals surface area contributed by atoms with E-state index in [4.69, 9.17) is 19.4 Å². The van der Waals surface area contributed by atoms with Crippen LogP contribution in [0.2, 0.25) is 0 Å². The van der Waals surface area contributed by atoms with Crippen molar-refractivity contribution in [3.05, 3.63) is 205 Å². The molecule has 0 aliphatic carbocycles. The summed E-state index contributed by atoms with van der Waals surface area (Å²) >= 11 is 6.93. The van der Waals surface area contributed by atoms with Crippen LogP contribution < -0.4 is 9.80 Å². The first kappa shape index (κ1) is 46.6. The smallest absolute Gasteiger partial charge is 0.305 e. The van der Waals surface area contributed by atoms with E-state index in [2.05, 4.69) is 192 Å². The van der Waals surface area contributed by atoms with Crippen LogP contribution in [0.25, 0.3) is 61.1 Å². The van der Waals surface area contributed by atoms with Crippen molar-refractivity contribution in [1.29, 1.82) is 0 Å². The third-order valence-electron chi connectivity index (χ3n) is 12.5. The molecule has 11 aromatic rings. The molecule has 0 aliphatic heterocycles. The third kappa shape index (κ3) is 10.1. The lowest BCUT2D eigenvalue weighted by Gasteiger charge is -2.25. The predicted octanol–water partition coefficient (Wildman–Crippen LogP) is 16.8. The van der Waals surface area contributed by atoms with E-state index in [0.717, 1.165) is 96.6 Å². The minimum Gasteiger partial charge on any atom is -0.469 e. The van der Waals surface area contributed by atoms with Crippen LogP contribution in [0.4, 0.5) is 34.1 Å². The van der Waals surface area contributed by atoms with E-state index in [9.17, 15) is 9.59 Å². The molecule has 11 rings (SSSR count). The number of hydrogen-bond donors (Lipinski definition) is 0. The largest absolute Gasteiger partial charge is 0.469 e. The van der Waals surface area contributed by atoms with E-state index in [1.54, 1.807) is 45.3 Å². The van der Waals surface area contributed by atoms with Gasteiger partial charge in [0.05, 0.1) is 44.4 Å². The second-order valence-electron chi connectivity index (χ2n) is 17.1. The molecule has 0 saturated carbocycles. The number of anilines is 6. The molecule has 0 radical (unpaired) electrons. The summed E-state index contributed by atoms with van der Waals surface area (Å²) in [5, 5.41) is 2.01. The maximum Gasteiger partial charge on any atom is 0.305 e. The van der Waals surface area contributed by atoms with Crippen LogP contribution in [0.1, 0.15) is 24.0 Å². The van der Waals surface area contributed by atoms with Crippen LogP contribution in [0.3, 0.4) is 0 Å². The number of fused-ring (bicyclic) bond motifs is 2. The van der Waals surface area contributed by atoms with Crippen LogP contribution in [0, 0.1) is 0 Å². The summed E-state index contributed by atoms with van der Waals surface area (Å²) < 4.78 is 11.9. The molecule has 0 saturated heterocycles. The summed E-state index contributed by atoms with van der Waals surface area (Å²) in [6.07, 6.45) is 1.99. The first-order valence-electron chi connectivity index (χ1n) is 23.5. The highest BCUT2D eigenvalue weighted by Gasteiger charge is 2.18. The van der Waals surface area contributed by atoms with Gasteiger partial charge in [-0.3, -0.25) is 9.59 Å². The number of rotatable bonds is 16. The number of thiophene rings is 2. The fourth-order valence-electron chi connectivity index (χ4n) is 8.69. The molecule has 0 N–H and O–H groups in total. The summed E-state index contributed by atoms with van der Waals surface area (Å²) in [5.41, 5.74) is 12.8. The highest BCUT2D eigenvalue weighted by molar-refractivity contribution is 7.28. The minimum atomic E-state index is -0.205. The molecule has 0 unspecified atom stereocenters. The number of thiazole rings is 2. The van der Waals surface area contributed by atoms with E-state index in [1.165, 1.54) is 24.0 Å². The number of aryl methyl sites for hydroxylation is 2. The standard InChI is InChI=1S/C60H46N4O4S4/c1-67-57(65)35-17-39-13-23-45(24-14-39)63(43-9-5-3-6-10-43)47-27-19-41(20-28-47)51-31-33-53(69-51)59-61-49-37-56-50(38-55(49)71-59)62-60(72-56)54-34-32-52(70-54)42-21-29-48(30-22-42)64(44-11-7-4-8-12-44)46-25-15-40(16-26-46)18-36-58(66)68-2/h3-16,19-34,37-38H,17-18,35-36H2,1-2H3. The average molecular weight is 1020 g/mol. The molecule has 0 aliphatic rings. The minimum absolute atomic E-state index is 0.205. The molecule has 0 spiro atoms. The SMILES string of the molecule is COC(=O)CCc1ccc(N(c2ccccc2)c2ccc(-c3ccc(-c4nc5cc6sc(-c7ccc(-c8ccc(N(c9ccccc9)c9ccc(CCC(=O)OC)cc9)cc8)s7)nc6cc5s4)s3)cc2)cc1. The van der Waals surface area contributed by atoms with Gasteiger partial charge in [0, 0.05) is 56.7 Å². The predicted molar refractivity (Wildman–Crippen MR) is 300 cm³/mol. The number of esters is 2. The Hall–Kier alpha value is -7.74. The Labute approximate surface area is 433 Å². The molecular weight excluding hydrogens is 969 g/mol. The number of ether oxygens (including phenoxy) is 2. The Morgan fingerprint density at radius 2 is 0.736 bits per heavy atom. The third-order valence-corrected chi connectivity index (χ3v) is 17.1. The molecule has 72 heavy (non-hydrogen) atoms. The zero-order valence-corrected chi connectivity index (χ0v) is 42.6. The van der Waals surface area contributed by atoms with Crippen molar-refractivity contribution in [1.82, 2.24) is 9.97 Å². The van der Waals surface area contributed by atoms with Gasteiger partial charge in [-0.15, -0.1) is 45.3 Å². The molecule has 354 valence electrons. The van der Waals surface area contributed by atoms with Crippen LogP contribution in [-0.2, 0) is 31.9 Å². The highest BCUT2D eigenvalue weighted by atomic mass is 32.1. The fraction of sp³-hybridized carbons (Fsp3) is 0.100. The molecule has 0 bridgehead atoms. The Morgan fingerprint density at radius 3 is 1.10 bits per heavy atom. The monoisotopic (exact) mass is 1010 g/mol. The number of benzene rings is 7. The number of methoxy groups -OCH3 is 2. The van der Waals surface area contributed by atoms with Crippen molar-refractivity contribution in [2.75, 3.05) is 24.0 Å². The van der Waals surface area contributed by atoms with Gasteiger partial charge in [-0.25, -0.2) is 9.97 Å². The van der Waals surface area contributed by atoms with Gasteiger partial charge in [0.1, 0.15) is 10.0 Å². The van der Waals surface area contributed by atoms with Crippen molar-refractivity contribution in [3.8, 4) is 40.7 Å². The van der Waals surface area contributed by atoms with E-state index in [-0.39, 0.29) is 11.9 Å². The van der Waals surface area contributed by atoms with E-state index in [1.807, 2.05) is 12.1 Å². The zero-order chi connectivity index (χ0) is 49.0. The zero-order valence-electron chi connectivity index (χ0n) is 39.4. The van der Waals surface area contributed by atoms with Crippen molar-refractivity contribution < 1.29 is 19.1 Å². The average Bonchev–Trinajstić information content (AvgIpc) is 4.28. The maximum atomic E-state index is 11.7. The normalized spacial score (nSPS) is 11.2. The second-order valence-corrected chi connectivity index (χ2v) is 21.3. The molecule has 0 fully saturated rings. The lowest BCUT2D eigenvalue weighted by atomic mass is 10.1. The van der Waals surface area contributed by atoms with Gasteiger partial charge in [0.25, 0.3) is 0 Å². The Balaban J connectivity index is 0.781. The molecule has 0 atom stereocenters. The van der Waals surface area contributed by atoms with Gasteiger partial charge >= 0.3 is 11.9 Å². The van der Waals surface area contributed by atoms with Gasteiger partial charge in [-0.2, -0.15) is 0 Å². The Morgan fingerprint density at radius 1 is 0.403 bits per heavy atom. The van der Waals surface area contributed by atoms with Crippen molar-refractivity contribution in [3.63, 3.8) is 0 Å². The maximum absolute atomic E-state index is 11.7. The van der Waals surface area contributed by atoms with Crippen LogP contribution in [0.15, 0.2) is 194 Å².